The summed E-state index contributed by atoms with van der Waals surface area (Å²) in [4.78, 5) is 20.1. The maximum Gasteiger partial charge on any atom is 0.251 e. The Bertz CT molecular complexity index is 1150. The van der Waals surface area contributed by atoms with Crippen LogP contribution in [-0.4, -0.2) is 34.2 Å². The number of phenolic OH excluding ortho intramolecular Hbond substituents is 1. The molecule has 3 aromatic rings. The monoisotopic (exact) mass is 409 g/mol. The lowest BCUT2D eigenvalue weighted by Crippen LogP contribution is -2.36. The molecule has 0 radical (unpaired) electrons. The van der Waals surface area contributed by atoms with Crippen LogP contribution in [0.2, 0.25) is 0 Å². The lowest BCUT2D eigenvalue weighted by Gasteiger charge is -2.25. The second kappa shape index (κ2) is 8.11. The highest BCUT2D eigenvalue weighted by Crippen LogP contribution is 2.28. The van der Waals surface area contributed by atoms with Gasteiger partial charge in [0.15, 0.2) is 0 Å². The zero-order chi connectivity index (χ0) is 21.2. The fourth-order valence-electron chi connectivity index (χ4n) is 4.11. The van der Waals surface area contributed by atoms with Gasteiger partial charge in [-0.05, 0) is 41.0 Å². The van der Waals surface area contributed by atoms with Crippen molar-refractivity contribution < 1.29 is 9.90 Å². The number of amides is 1. The molecule has 0 aromatic heterocycles. The average molecular weight is 409 g/mol. The molecular formula is C26H23N3O2. The van der Waals surface area contributed by atoms with Crippen LogP contribution >= 0.6 is 0 Å². The molecule has 0 saturated carbocycles. The summed E-state index contributed by atoms with van der Waals surface area (Å²) in [6, 6.07) is 26.9. The number of fused-ring (bicyclic) bond motifs is 1. The second-order valence-electron chi connectivity index (χ2n) is 7.87. The van der Waals surface area contributed by atoms with Crippen LogP contribution in [0.15, 0.2) is 101 Å². The van der Waals surface area contributed by atoms with Gasteiger partial charge in [-0.15, -0.1) is 0 Å². The number of carbonyl (C=O) groups excluding carboxylic acids is 1. The molecule has 1 atom stereocenters. The Morgan fingerprint density at radius 1 is 0.903 bits per heavy atom. The highest BCUT2D eigenvalue weighted by atomic mass is 16.3. The average Bonchev–Trinajstić information content (AvgIpc) is 3.11. The third kappa shape index (κ3) is 3.94. The summed E-state index contributed by atoms with van der Waals surface area (Å²) in [6.45, 7) is 0.412. The predicted molar refractivity (Wildman–Crippen MR) is 121 cm³/mol. The molecule has 154 valence electrons. The van der Waals surface area contributed by atoms with Gasteiger partial charge in [0.1, 0.15) is 17.6 Å². The number of nitrogens with one attached hydrogen (secondary N) is 1. The Morgan fingerprint density at radius 3 is 2.23 bits per heavy atom. The van der Waals surface area contributed by atoms with Crippen LogP contribution in [0.5, 0.6) is 5.75 Å². The molecule has 1 fully saturated rings. The summed E-state index contributed by atoms with van der Waals surface area (Å²) in [5, 5.41) is 13.1. The standard InChI is InChI=1S/C26H23N3O2/c30-21-13-11-20(12-14-21)24-17-29-25(22(27-24)15-18-7-3-1-4-8-18)28-23(26(29)31)16-19-9-5-2-6-10-19/h1-14,23,28,30H,15-17H2. The van der Waals surface area contributed by atoms with E-state index < -0.39 is 0 Å². The largest absolute Gasteiger partial charge is 0.508 e. The summed E-state index contributed by atoms with van der Waals surface area (Å²) < 4.78 is 0. The van der Waals surface area contributed by atoms with Crippen molar-refractivity contribution in [2.45, 2.75) is 18.9 Å². The quantitative estimate of drug-likeness (QED) is 0.676. The van der Waals surface area contributed by atoms with Gasteiger partial charge in [-0.3, -0.25) is 14.7 Å². The van der Waals surface area contributed by atoms with Crippen LogP contribution in [0.25, 0.3) is 0 Å². The summed E-state index contributed by atoms with van der Waals surface area (Å²) in [5.41, 5.74) is 4.84. The van der Waals surface area contributed by atoms with Gasteiger partial charge in [-0.25, -0.2) is 0 Å². The minimum Gasteiger partial charge on any atom is -0.508 e. The molecule has 2 N–H and O–H groups in total. The number of hydrogen-bond donors (Lipinski definition) is 2. The Morgan fingerprint density at radius 2 is 1.55 bits per heavy atom. The minimum absolute atomic E-state index is 0.0654. The van der Waals surface area contributed by atoms with Crippen molar-refractivity contribution in [2.24, 2.45) is 4.99 Å². The van der Waals surface area contributed by atoms with Gasteiger partial charge in [0.05, 0.1) is 18.0 Å². The van der Waals surface area contributed by atoms with Gasteiger partial charge in [-0.2, -0.15) is 0 Å². The fraction of sp³-hybridized carbons (Fsp3) is 0.154. The van der Waals surface area contributed by atoms with Crippen molar-refractivity contribution in [1.82, 2.24) is 10.2 Å². The molecule has 1 amide bonds. The number of benzene rings is 3. The van der Waals surface area contributed by atoms with Crippen molar-refractivity contribution in [3.63, 3.8) is 0 Å². The molecule has 0 aliphatic carbocycles. The summed E-state index contributed by atoms with van der Waals surface area (Å²) in [6.07, 6.45) is 1.26. The van der Waals surface area contributed by atoms with E-state index in [1.54, 1.807) is 12.1 Å². The van der Waals surface area contributed by atoms with Crippen LogP contribution in [0.4, 0.5) is 0 Å². The van der Waals surface area contributed by atoms with Crippen LogP contribution in [0, 0.1) is 0 Å². The maximum atomic E-state index is 13.3. The van der Waals surface area contributed by atoms with Crippen LogP contribution in [-0.2, 0) is 17.6 Å². The first-order valence-electron chi connectivity index (χ1n) is 10.4. The van der Waals surface area contributed by atoms with E-state index in [-0.39, 0.29) is 17.7 Å². The van der Waals surface area contributed by atoms with E-state index in [4.69, 9.17) is 4.99 Å². The molecule has 2 heterocycles. The zero-order valence-electron chi connectivity index (χ0n) is 17.0. The third-order valence-corrected chi connectivity index (χ3v) is 5.69. The second-order valence-corrected chi connectivity index (χ2v) is 7.87. The van der Waals surface area contributed by atoms with E-state index >= 15 is 0 Å². The minimum atomic E-state index is -0.308. The molecule has 2 aliphatic rings. The first-order chi connectivity index (χ1) is 15.2. The molecule has 0 spiro atoms. The number of rotatable bonds is 5. The number of aliphatic imine (C=N–C) groups is 1. The molecular weight excluding hydrogens is 386 g/mol. The number of allylic oxidation sites excluding steroid dienone is 1. The van der Waals surface area contributed by atoms with Crippen molar-refractivity contribution >= 4 is 11.6 Å². The Balaban J connectivity index is 1.49. The van der Waals surface area contributed by atoms with Crippen LogP contribution < -0.4 is 5.32 Å². The summed E-state index contributed by atoms with van der Waals surface area (Å²) in [5.74, 6) is 1.08. The number of hydrogen-bond acceptors (Lipinski definition) is 4. The normalized spacial score (nSPS) is 17.9. The van der Waals surface area contributed by atoms with Crippen LogP contribution in [0.3, 0.4) is 0 Å². The number of nitrogens with zero attached hydrogens (tertiary/aromatic N) is 2. The summed E-state index contributed by atoms with van der Waals surface area (Å²) >= 11 is 0. The molecule has 5 nitrogen and oxygen atoms in total. The summed E-state index contributed by atoms with van der Waals surface area (Å²) in [7, 11) is 0. The van der Waals surface area contributed by atoms with E-state index in [9.17, 15) is 9.90 Å². The molecule has 0 bridgehead atoms. The first-order valence-corrected chi connectivity index (χ1v) is 10.4. The van der Waals surface area contributed by atoms with E-state index in [0.717, 1.165) is 33.9 Å². The van der Waals surface area contributed by atoms with Crippen LogP contribution in [0.1, 0.15) is 16.7 Å². The van der Waals surface area contributed by atoms with Gasteiger partial charge in [-0.1, -0.05) is 60.7 Å². The SMILES string of the molecule is O=C1C(Cc2ccccc2)NC2=C(Cc3ccccc3)N=C(c3ccc(O)cc3)CN12. The van der Waals surface area contributed by atoms with E-state index in [0.29, 0.717) is 19.4 Å². The third-order valence-electron chi connectivity index (χ3n) is 5.69. The Labute approximate surface area is 181 Å². The molecule has 1 saturated heterocycles. The highest BCUT2D eigenvalue weighted by Gasteiger charge is 2.39. The lowest BCUT2D eigenvalue weighted by atomic mass is 10.0. The molecule has 5 heteroatoms. The predicted octanol–water partition coefficient (Wildman–Crippen LogP) is 3.65. The fourth-order valence-corrected chi connectivity index (χ4v) is 4.11. The van der Waals surface area contributed by atoms with E-state index in [1.165, 1.54) is 0 Å². The van der Waals surface area contributed by atoms with Gasteiger partial charge >= 0.3 is 0 Å². The number of carbonyl (C=O) groups is 1. The lowest BCUT2D eigenvalue weighted by molar-refractivity contribution is -0.127. The van der Waals surface area contributed by atoms with E-state index in [1.807, 2.05) is 65.6 Å². The van der Waals surface area contributed by atoms with Gasteiger partial charge in [0.25, 0.3) is 5.91 Å². The van der Waals surface area contributed by atoms with E-state index in [2.05, 4.69) is 17.4 Å². The molecule has 31 heavy (non-hydrogen) atoms. The van der Waals surface area contributed by atoms with Crippen molar-refractivity contribution in [2.75, 3.05) is 6.54 Å². The van der Waals surface area contributed by atoms with Gasteiger partial charge < -0.3 is 10.4 Å². The van der Waals surface area contributed by atoms with Gasteiger partial charge in [0, 0.05) is 12.8 Å². The Hall–Kier alpha value is -3.86. The number of phenols is 1. The highest BCUT2D eigenvalue weighted by molar-refractivity contribution is 6.06. The molecule has 2 aliphatic heterocycles. The Kier molecular flexibility index (Phi) is 5.00. The van der Waals surface area contributed by atoms with Crippen molar-refractivity contribution in [3.05, 3.63) is 113 Å². The molecule has 5 rings (SSSR count). The molecule has 3 aromatic carbocycles. The smallest absolute Gasteiger partial charge is 0.251 e. The van der Waals surface area contributed by atoms with Gasteiger partial charge in [0.2, 0.25) is 0 Å². The first kappa shape index (κ1) is 19.1. The number of aromatic hydroxyl groups is 1. The van der Waals surface area contributed by atoms with Crippen molar-refractivity contribution in [1.29, 1.82) is 0 Å². The zero-order valence-corrected chi connectivity index (χ0v) is 17.0. The van der Waals surface area contributed by atoms with Crippen molar-refractivity contribution in [3.8, 4) is 5.75 Å². The maximum absolute atomic E-state index is 13.3. The molecule has 1 unspecified atom stereocenters. The topological polar surface area (TPSA) is 64.9 Å².